The summed E-state index contributed by atoms with van der Waals surface area (Å²) in [6.07, 6.45) is 0.0858. The summed E-state index contributed by atoms with van der Waals surface area (Å²) in [5, 5.41) is 5.32. The minimum atomic E-state index is -3.78. The SMILES string of the molecule is CN[C@H](C(=O)OCN1C(=O)CCC(N2Cc3cc(CNC(=O)C(F)(F)c4ccc(Cl)cc4)ccc3C2=O)C1=O)C(C)C. The molecule has 0 radical (unpaired) electrons. The molecule has 2 atom stereocenters. The van der Waals surface area contributed by atoms with Gasteiger partial charge in [-0.1, -0.05) is 49.7 Å². The third kappa shape index (κ3) is 6.29. The number of ether oxygens (including phenoxy) is 1. The summed E-state index contributed by atoms with van der Waals surface area (Å²) in [7, 11) is 1.60. The molecule has 4 amide bonds. The maximum atomic E-state index is 14.6. The molecule has 0 aliphatic carbocycles. The fourth-order valence-corrected chi connectivity index (χ4v) is 5.16. The van der Waals surface area contributed by atoms with Crippen LogP contribution in [-0.4, -0.2) is 65.3 Å². The third-order valence-electron chi connectivity index (χ3n) is 7.37. The lowest BCUT2D eigenvalue weighted by molar-refractivity contribution is -0.165. The van der Waals surface area contributed by atoms with Crippen LogP contribution in [0.2, 0.25) is 5.02 Å². The van der Waals surface area contributed by atoms with Crippen molar-refractivity contribution in [3.05, 3.63) is 69.7 Å². The molecule has 224 valence electrons. The number of imide groups is 1. The van der Waals surface area contributed by atoms with Gasteiger partial charge in [0.2, 0.25) is 5.91 Å². The van der Waals surface area contributed by atoms with Gasteiger partial charge >= 0.3 is 11.9 Å². The van der Waals surface area contributed by atoms with Crippen molar-refractivity contribution in [2.24, 2.45) is 5.92 Å². The number of likely N-dealkylation sites (N-methyl/N-ethyl adjacent to an activating group) is 1. The Morgan fingerprint density at radius 2 is 1.81 bits per heavy atom. The standard InChI is InChI=1S/C29H31ClF2N4O6/c1-16(2)24(33-3)27(40)42-15-36-23(37)11-10-22(26(36)39)35-14-18-12-17(4-9-21(18)25(35)38)13-34-28(41)29(31,32)19-5-7-20(30)8-6-19/h4-9,12,16,22,24,33H,10-11,13-15H2,1-3H3,(H,34,41)/t22?,24-/m0/s1. The summed E-state index contributed by atoms with van der Waals surface area (Å²) in [6.45, 7) is 2.91. The second kappa shape index (κ2) is 12.5. The van der Waals surface area contributed by atoms with Crippen LogP contribution in [0.5, 0.6) is 0 Å². The summed E-state index contributed by atoms with van der Waals surface area (Å²) < 4.78 is 34.4. The number of carbonyl (C=O) groups excluding carboxylic acids is 5. The fourth-order valence-electron chi connectivity index (χ4n) is 5.03. The first-order chi connectivity index (χ1) is 19.8. The molecular formula is C29H31ClF2N4O6. The molecule has 2 aliphatic rings. The van der Waals surface area contributed by atoms with Crippen molar-refractivity contribution in [1.29, 1.82) is 0 Å². The fraction of sp³-hybridized carbons (Fsp3) is 0.414. The summed E-state index contributed by atoms with van der Waals surface area (Å²) in [5.74, 6) is -7.54. The molecule has 1 unspecified atom stereocenters. The largest absolute Gasteiger partial charge is 0.443 e. The van der Waals surface area contributed by atoms with Gasteiger partial charge in [0.15, 0.2) is 6.73 Å². The molecule has 1 fully saturated rings. The van der Waals surface area contributed by atoms with Gasteiger partial charge in [-0.3, -0.25) is 24.0 Å². The average Bonchev–Trinajstić information content (AvgIpc) is 3.27. The second-order valence-corrected chi connectivity index (χ2v) is 10.9. The summed E-state index contributed by atoms with van der Waals surface area (Å²) in [6, 6.07) is 7.78. The van der Waals surface area contributed by atoms with Crippen molar-refractivity contribution in [2.45, 2.75) is 57.8 Å². The highest BCUT2D eigenvalue weighted by Crippen LogP contribution is 2.31. The third-order valence-corrected chi connectivity index (χ3v) is 7.63. The van der Waals surface area contributed by atoms with Gasteiger partial charge in [0.25, 0.3) is 17.7 Å². The first kappa shape index (κ1) is 31.0. The van der Waals surface area contributed by atoms with Gasteiger partial charge in [0.05, 0.1) is 0 Å². The molecule has 0 saturated carbocycles. The van der Waals surface area contributed by atoms with Crippen LogP contribution in [0.15, 0.2) is 42.5 Å². The van der Waals surface area contributed by atoms with E-state index >= 15 is 0 Å². The van der Waals surface area contributed by atoms with E-state index in [1.807, 2.05) is 13.8 Å². The topological polar surface area (TPSA) is 125 Å². The van der Waals surface area contributed by atoms with Crippen LogP contribution in [0, 0.1) is 5.92 Å². The Kier molecular flexibility index (Phi) is 9.27. The molecule has 0 bridgehead atoms. The Balaban J connectivity index is 1.40. The Hall–Kier alpha value is -3.90. The number of nitrogens with zero attached hydrogens (tertiary/aromatic N) is 2. The quantitative estimate of drug-likeness (QED) is 0.316. The number of rotatable bonds is 10. The molecule has 0 spiro atoms. The average molecular weight is 605 g/mol. The number of hydrogen-bond donors (Lipinski definition) is 2. The number of amides is 4. The van der Waals surface area contributed by atoms with E-state index in [2.05, 4.69) is 10.6 Å². The molecule has 13 heteroatoms. The summed E-state index contributed by atoms with van der Waals surface area (Å²) in [4.78, 5) is 65.8. The minimum Gasteiger partial charge on any atom is -0.443 e. The second-order valence-electron chi connectivity index (χ2n) is 10.5. The maximum absolute atomic E-state index is 14.6. The van der Waals surface area contributed by atoms with E-state index in [-0.39, 0.29) is 36.9 Å². The Morgan fingerprint density at radius 1 is 1.12 bits per heavy atom. The molecule has 0 aromatic heterocycles. The lowest BCUT2D eigenvalue weighted by Crippen LogP contribution is -2.55. The van der Waals surface area contributed by atoms with Gasteiger partial charge in [-0.2, -0.15) is 8.78 Å². The zero-order chi connectivity index (χ0) is 30.8. The van der Waals surface area contributed by atoms with Crippen LogP contribution in [-0.2, 0) is 42.9 Å². The molecule has 2 aromatic rings. The molecule has 4 rings (SSSR count). The summed E-state index contributed by atoms with van der Waals surface area (Å²) >= 11 is 5.74. The first-order valence-corrected chi connectivity index (χ1v) is 13.8. The number of nitrogens with one attached hydrogen (secondary N) is 2. The van der Waals surface area contributed by atoms with Gasteiger partial charge in [-0.15, -0.1) is 0 Å². The van der Waals surface area contributed by atoms with Crippen molar-refractivity contribution in [3.63, 3.8) is 0 Å². The van der Waals surface area contributed by atoms with E-state index in [0.717, 1.165) is 17.0 Å². The number of piperidine rings is 1. The normalized spacial score (nSPS) is 17.9. The predicted octanol–water partition coefficient (Wildman–Crippen LogP) is 2.97. The van der Waals surface area contributed by atoms with Crippen LogP contribution in [0.3, 0.4) is 0 Å². The highest BCUT2D eigenvalue weighted by molar-refractivity contribution is 6.30. The number of likely N-dealkylation sites (tertiary alicyclic amines) is 1. The Labute approximate surface area is 246 Å². The minimum absolute atomic E-state index is 0.0210. The lowest BCUT2D eigenvalue weighted by Gasteiger charge is -2.35. The van der Waals surface area contributed by atoms with Crippen LogP contribution in [0.4, 0.5) is 8.78 Å². The highest BCUT2D eigenvalue weighted by atomic mass is 35.5. The maximum Gasteiger partial charge on any atom is 0.349 e. The number of halogens is 3. The molecule has 2 aromatic carbocycles. The van der Waals surface area contributed by atoms with Crippen LogP contribution in [0.25, 0.3) is 0 Å². The van der Waals surface area contributed by atoms with Crippen molar-refractivity contribution < 1.29 is 37.5 Å². The number of hydrogen-bond acceptors (Lipinski definition) is 7. The van der Waals surface area contributed by atoms with E-state index in [1.54, 1.807) is 13.1 Å². The number of alkyl halides is 2. The van der Waals surface area contributed by atoms with Gasteiger partial charge in [-0.05, 0) is 48.7 Å². The molecule has 2 aliphatic heterocycles. The monoisotopic (exact) mass is 604 g/mol. The van der Waals surface area contributed by atoms with Crippen molar-refractivity contribution in [3.8, 4) is 0 Å². The number of esters is 1. The zero-order valence-corrected chi connectivity index (χ0v) is 24.0. The Morgan fingerprint density at radius 3 is 2.45 bits per heavy atom. The molecule has 42 heavy (non-hydrogen) atoms. The molecule has 10 nitrogen and oxygen atoms in total. The van der Waals surface area contributed by atoms with E-state index < -0.39 is 59.9 Å². The van der Waals surface area contributed by atoms with Gasteiger partial charge in [0.1, 0.15) is 12.1 Å². The van der Waals surface area contributed by atoms with E-state index in [9.17, 15) is 32.8 Å². The molecule has 1 saturated heterocycles. The van der Waals surface area contributed by atoms with Crippen LogP contribution in [0.1, 0.15) is 53.7 Å². The molecule has 2 N–H and O–H groups in total. The van der Waals surface area contributed by atoms with Gasteiger partial charge < -0.3 is 20.3 Å². The number of benzene rings is 2. The molecule has 2 heterocycles. The predicted molar refractivity (Wildman–Crippen MR) is 147 cm³/mol. The smallest absolute Gasteiger partial charge is 0.349 e. The number of carbonyl (C=O) groups is 5. The molecular weight excluding hydrogens is 574 g/mol. The van der Waals surface area contributed by atoms with Crippen LogP contribution >= 0.6 is 11.6 Å². The van der Waals surface area contributed by atoms with E-state index in [1.165, 1.54) is 29.2 Å². The first-order valence-electron chi connectivity index (χ1n) is 13.4. The van der Waals surface area contributed by atoms with E-state index in [4.69, 9.17) is 16.3 Å². The van der Waals surface area contributed by atoms with Crippen molar-refractivity contribution >= 4 is 41.2 Å². The Bertz CT molecular complexity index is 1400. The van der Waals surface area contributed by atoms with Gasteiger partial charge in [0, 0.05) is 35.7 Å². The van der Waals surface area contributed by atoms with Crippen molar-refractivity contribution in [1.82, 2.24) is 20.4 Å². The number of fused-ring (bicyclic) bond motifs is 1. The van der Waals surface area contributed by atoms with Crippen molar-refractivity contribution in [2.75, 3.05) is 13.8 Å². The highest BCUT2D eigenvalue weighted by Gasteiger charge is 2.44. The van der Waals surface area contributed by atoms with Gasteiger partial charge in [-0.25, -0.2) is 4.90 Å². The lowest BCUT2D eigenvalue weighted by atomic mass is 10.0. The van der Waals surface area contributed by atoms with Crippen LogP contribution < -0.4 is 10.6 Å². The zero-order valence-electron chi connectivity index (χ0n) is 23.3. The summed E-state index contributed by atoms with van der Waals surface area (Å²) in [5.41, 5.74) is 0.855. The van der Waals surface area contributed by atoms with E-state index in [0.29, 0.717) is 16.7 Å².